The van der Waals surface area contributed by atoms with E-state index in [9.17, 15) is 9.90 Å². The predicted octanol–water partition coefficient (Wildman–Crippen LogP) is 2.94. The van der Waals surface area contributed by atoms with Crippen molar-refractivity contribution in [2.75, 3.05) is 17.7 Å². The second-order valence-electron chi connectivity index (χ2n) is 9.75. The molecule has 0 unspecified atom stereocenters. The number of methoxy groups -OCH3 is 1. The molecule has 1 amide bonds. The van der Waals surface area contributed by atoms with E-state index >= 15 is 0 Å². The third-order valence-corrected chi connectivity index (χ3v) is 7.40. The average Bonchev–Trinajstić information content (AvgIpc) is 3.43. The minimum atomic E-state index is -0.306. The van der Waals surface area contributed by atoms with Crippen molar-refractivity contribution in [3.63, 3.8) is 0 Å². The molecule has 0 saturated heterocycles. The van der Waals surface area contributed by atoms with Crippen molar-refractivity contribution in [3.8, 4) is 5.75 Å². The molecule has 200 valence electrons. The highest BCUT2D eigenvalue weighted by Gasteiger charge is 2.37. The van der Waals surface area contributed by atoms with E-state index in [4.69, 9.17) is 22.1 Å². The van der Waals surface area contributed by atoms with Gasteiger partial charge in [-0.05, 0) is 45.6 Å². The molecule has 0 aromatic carbocycles. The summed E-state index contributed by atoms with van der Waals surface area (Å²) >= 11 is 6.48. The van der Waals surface area contributed by atoms with Gasteiger partial charge in [-0.3, -0.25) is 14.7 Å². The standard InChI is InChI=1S/C26H31ClN8O3/c1-13-9-30-19(14(2)22(13)38-3)12-35-24-21(23(27)33-26(28)34-24)18(25(35)37)8-20-31-11-16(32-20)10-29-15-4-6-17(36)7-5-15/h8-9,11,15,17,29,36H,4-7,10,12H2,1-3H3,(H,31,32)(H2,28,33,34). The number of pyridine rings is 1. The van der Waals surface area contributed by atoms with Crippen molar-refractivity contribution in [1.29, 1.82) is 0 Å². The highest BCUT2D eigenvalue weighted by molar-refractivity contribution is 6.41. The second-order valence-corrected chi connectivity index (χ2v) is 10.1. The molecule has 12 heteroatoms. The van der Waals surface area contributed by atoms with E-state index < -0.39 is 0 Å². The van der Waals surface area contributed by atoms with Gasteiger partial charge >= 0.3 is 0 Å². The normalized spacial score (nSPS) is 20.3. The second kappa shape index (κ2) is 10.7. The maximum Gasteiger partial charge on any atom is 0.260 e. The van der Waals surface area contributed by atoms with Crippen molar-refractivity contribution in [2.45, 2.75) is 64.8 Å². The number of hydrogen-bond donors (Lipinski definition) is 4. The Kier molecular flexibility index (Phi) is 7.33. The number of aliphatic hydroxyl groups is 1. The fourth-order valence-corrected chi connectivity index (χ4v) is 5.36. The summed E-state index contributed by atoms with van der Waals surface area (Å²) < 4.78 is 5.53. The number of amides is 1. The Labute approximate surface area is 225 Å². The quantitative estimate of drug-likeness (QED) is 0.262. The van der Waals surface area contributed by atoms with E-state index in [0.29, 0.717) is 41.1 Å². The van der Waals surface area contributed by atoms with Gasteiger partial charge < -0.3 is 25.9 Å². The first-order chi connectivity index (χ1) is 18.2. The lowest BCUT2D eigenvalue weighted by Crippen LogP contribution is -2.34. The molecule has 1 aliphatic carbocycles. The Bertz CT molecular complexity index is 1400. The number of nitrogens with one attached hydrogen (secondary N) is 2. The zero-order valence-electron chi connectivity index (χ0n) is 21.6. The molecule has 38 heavy (non-hydrogen) atoms. The van der Waals surface area contributed by atoms with E-state index in [2.05, 4.69) is 30.2 Å². The van der Waals surface area contributed by atoms with Crippen molar-refractivity contribution >= 4 is 40.9 Å². The molecule has 2 aliphatic rings. The molecule has 3 aromatic rings. The van der Waals surface area contributed by atoms with E-state index in [-0.39, 0.29) is 29.7 Å². The van der Waals surface area contributed by atoms with E-state index in [1.54, 1.807) is 25.6 Å². The van der Waals surface area contributed by atoms with Crippen molar-refractivity contribution in [1.82, 2.24) is 30.2 Å². The number of nitrogens with zero attached hydrogens (tertiary/aromatic N) is 5. The Morgan fingerprint density at radius 3 is 2.74 bits per heavy atom. The number of halogens is 1. The molecular weight excluding hydrogens is 508 g/mol. The average molecular weight is 539 g/mol. The summed E-state index contributed by atoms with van der Waals surface area (Å²) in [7, 11) is 1.61. The Hall–Kier alpha value is -3.54. The number of anilines is 2. The fourth-order valence-electron chi connectivity index (χ4n) is 5.09. The predicted molar refractivity (Wildman–Crippen MR) is 144 cm³/mol. The molecule has 1 aliphatic heterocycles. The molecule has 4 heterocycles. The number of ether oxygens (including phenoxy) is 1. The number of aryl methyl sites for hydroxylation is 1. The summed E-state index contributed by atoms with van der Waals surface area (Å²) in [5.41, 5.74) is 9.91. The summed E-state index contributed by atoms with van der Waals surface area (Å²) in [5.74, 6) is 1.22. The largest absolute Gasteiger partial charge is 0.496 e. The van der Waals surface area contributed by atoms with E-state index in [1.807, 2.05) is 13.8 Å². The molecular formula is C26H31ClN8O3. The Morgan fingerprint density at radius 1 is 1.24 bits per heavy atom. The van der Waals surface area contributed by atoms with Crippen molar-refractivity contribution in [2.24, 2.45) is 0 Å². The number of fused-ring (bicyclic) bond motifs is 1. The molecule has 5 N–H and O–H groups in total. The van der Waals surface area contributed by atoms with Gasteiger partial charge in [0, 0.05) is 41.8 Å². The molecule has 3 aromatic heterocycles. The minimum absolute atomic E-state index is 0.0273. The first kappa shape index (κ1) is 26.1. The summed E-state index contributed by atoms with van der Waals surface area (Å²) in [6.45, 7) is 4.58. The van der Waals surface area contributed by atoms with Crippen LogP contribution in [0.25, 0.3) is 11.6 Å². The van der Waals surface area contributed by atoms with Gasteiger partial charge in [-0.25, -0.2) is 9.97 Å². The molecule has 0 radical (unpaired) electrons. The fraction of sp³-hybridized carbons (Fsp3) is 0.423. The van der Waals surface area contributed by atoms with Crippen LogP contribution in [0.5, 0.6) is 5.75 Å². The third-order valence-electron chi connectivity index (χ3n) is 7.13. The summed E-state index contributed by atoms with van der Waals surface area (Å²) in [6.07, 6.45) is 8.43. The number of nitrogens with two attached hydrogens (primary N) is 1. The van der Waals surface area contributed by atoms with Gasteiger partial charge in [0.15, 0.2) is 5.82 Å². The highest BCUT2D eigenvalue weighted by Crippen LogP contribution is 2.41. The molecule has 0 spiro atoms. The van der Waals surface area contributed by atoms with Crippen molar-refractivity contribution in [3.05, 3.63) is 51.4 Å². The van der Waals surface area contributed by atoms with Gasteiger partial charge in [0.05, 0.1) is 36.6 Å². The molecule has 0 bridgehead atoms. The Morgan fingerprint density at radius 2 is 2.00 bits per heavy atom. The van der Waals surface area contributed by atoms with Crippen LogP contribution in [0.1, 0.15) is 59.6 Å². The number of aromatic amines is 1. The lowest BCUT2D eigenvalue weighted by Gasteiger charge is -2.26. The van der Waals surface area contributed by atoms with E-state index in [1.165, 1.54) is 4.90 Å². The number of carbonyl (C=O) groups excluding carboxylic acids is 1. The Balaban J connectivity index is 1.41. The zero-order chi connectivity index (χ0) is 27.0. The van der Waals surface area contributed by atoms with Gasteiger partial charge in [-0.1, -0.05) is 11.6 Å². The minimum Gasteiger partial charge on any atom is -0.496 e. The van der Waals surface area contributed by atoms with Crippen LogP contribution in [-0.2, 0) is 17.9 Å². The SMILES string of the molecule is COc1c(C)cnc(CN2C(=O)C(=Cc3ncc(CNC4CCC(O)CC4)[nH]3)c3c(Cl)nc(N)nc32)c1C. The van der Waals surface area contributed by atoms with Crippen LogP contribution in [0.15, 0.2) is 12.4 Å². The van der Waals surface area contributed by atoms with Crippen LogP contribution in [0, 0.1) is 13.8 Å². The van der Waals surface area contributed by atoms with Crippen molar-refractivity contribution < 1.29 is 14.6 Å². The van der Waals surface area contributed by atoms with Crippen LogP contribution >= 0.6 is 11.6 Å². The molecule has 1 fully saturated rings. The van der Waals surface area contributed by atoms with Gasteiger partial charge in [-0.2, -0.15) is 4.98 Å². The lowest BCUT2D eigenvalue weighted by atomic mass is 9.93. The van der Waals surface area contributed by atoms with Gasteiger partial charge in [-0.15, -0.1) is 0 Å². The smallest absolute Gasteiger partial charge is 0.260 e. The number of hydrogen-bond acceptors (Lipinski definition) is 9. The lowest BCUT2D eigenvalue weighted by molar-refractivity contribution is -0.113. The van der Waals surface area contributed by atoms with Gasteiger partial charge in [0.25, 0.3) is 5.91 Å². The van der Waals surface area contributed by atoms with Crippen LogP contribution in [0.3, 0.4) is 0 Å². The van der Waals surface area contributed by atoms with Crippen LogP contribution in [0.2, 0.25) is 5.15 Å². The maximum atomic E-state index is 13.7. The van der Waals surface area contributed by atoms with E-state index in [0.717, 1.165) is 48.3 Å². The highest BCUT2D eigenvalue weighted by atomic mass is 35.5. The number of nitrogen functional groups attached to an aromatic ring is 1. The molecule has 11 nitrogen and oxygen atoms in total. The van der Waals surface area contributed by atoms with Crippen LogP contribution in [0.4, 0.5) is 11.8 Å². The first-order valence-corrected chi connectivity index (χ1v) is 12.9. The number of aliphatic hydroxyl groups excluding tert-OH is 1. The third kappa shape index (κ3) is 5.09. The molecule has 5 rings (SSSR count). The first-order valence-electron chi connectivity index (χ1n) is 12.6. The molecule has 0 atom stereocenters. The number of imidazole rings is 1. The van der Waals surface area contributed by atoms with Gasteiger partial charge in [0.1, 0.15) is 16.7 Å². The summed E-state index contributed by atoms with van der Waals surface area (Å²) in [4.78, 5) is 35.9. The number of rotatable bonds is 7. The van der Waals surface area contributed by atoms with Crippen LogP contribution in [-0.4, -0.2) is 55.2 Å². The monoisotopic (exact) mass is 538 g/mol. The van der Waals surface area contributed by atoms with Gasteiger partial charge in [0.2, 0.25) is 5.95 Å². The number of carbonyl (C=O) groups is 1. The number of aromatic nitrogens is 5. The maximum absolute atomic E-state index is 13.7. The summed E-state index contributed by atoms with van der Waals surface area (Å²) in [6, 6.07) is 0.360. The molecule has 1 saturated carbocycles. The summed E-state index contributed by atoms with van der Waals surface area (Å²) in [5, 5.41) is 13.3. The number of H-pyrrole nitrogens is 1. The van der Waals surface area contributed by atoms with Crippen LogP contribution < -0.4 is 20.7 Å². The zero-order valence-corrected chi connectivity index (χ0v) is 22.3. The topological polar surface area (TPSA) is 155 Å².